The molecule has 0 aliphatic rings. The maximum atomic E-state index is 10.5. The molecule has 5 nitrogen and oxygen atoms in total. The molecule has 0 amide bonds. The highest BCUT2D eigenvalue weighted by atomic mass is 35.5. The Morgan fingerprint density at radius 2 is 1.44 bits per heavy atom. The monoisotopic (exact) mass is 380 g/mol. The van der Waals surface area contributed by atoms with Crippen molar-refractivity contribution < 1.29 is 22.2 Å². The van der Waals surface area contributed by atoms with Gasteiger partial charge in [0.15, 0.2) is 0 Å². The van der Waals surface area contributed by atoms with Gasteiger partial charge in [-0.3, -0.25) is 9.35 Å². The molecular weight excluding hydrogens is 364 g/mol. The van der Waals surface area contributed by atoms with Crippen molar-refractivity contribution in [2.75, 3.05) is 0 Å². The zero-order valence-corrected chi connectivity index (χ0v) is 14.9. The van der Waals surface area contributed by atoms with E-state index in [1.807, 2.05) is 25.1 Å². The normalized spacial score (nSPS) is 9.88. The van der Waals surface area contributed by atoms with E-state index in [1.165, 1.54) is 12.1 Å². The summed E-state index contributed by atoms with van der Waals surface area (Å²) in [6.07, 6.45) is 3.25. The highest BCUT2D eigenvalue weighted by Crippen LogP contribution is 2.08. The van der Waals surface area contributed by atoms with Gasteiger partial charge in [-0.15, -0.1) is 0 Å². The Hall–Kier alpha value is -2.41. The molecule has 0 unspecified atom stereocenters. The fraction of sp³-hybridized carbons (Fsp3) is 0.0556. The van der Waals surface area contributed by atoms with Gasteiger partial charge in [0.1, 0.15) is 0 Å². The molecule has 0 aliphatic heterocycles. The molecule has 0 fully saturated rings. The number of furan rings is 1. The number of carbonyl (C=O) groups excluding carboxylic acids is 1. The van der Waals surface area contributed by atoms with E-state index >= 15 is 0 Å². The summed E-state index contributed by atoms with van der Waals surface area (Å²) in [5.74, 6) is 0. The molecule has 7 heteroatoms. The van der Waals surface area contributed by atoms with E-state index in [1.54, 1.807) is 48.9 Å². The van der Waals surface area contributed by atoms with Gasteiger partial charge in [-0.25, -0.2) is 0 Å². The minimum atomic E-state index is -4.02. The highest BCUT2D eigenvalue weighted by Gasteiger charge is 2.06. The molecular formula is C18H17ClO5S. The zero-order chi connectivity index (χ0) is 18.7. The number of benzene rings is 2. The van der Waals surface area contributed by atoms with E-state index in [0.717, 1.165) is 5.56 Å². The van der Waals surface area contributed by atoms with E-state index in [-0.39, 0.29) is 4.90 Å². The van der Waals surface area contributed by atoms with E-state index < -0.39 is 15.4 Å². The maximum Gasteiger partial charge on any atom is 0.294 e. The Bertz CT molecular complexity index is 825. The van der Waals surface area contributed by atoms with Crippen LogP contribution in [0.4, 0.5) is 0 Å². The molecule has 1 aromatic heterocycles. The van der Waals surface area contributed by atoms with Crippen molar-refractivity contribution in [3.63, 3.8) is 0 Å². The number of hydrogen-bond donors (Lipinski definition) is 1. The van der Waals surface area contributed by atoms with Crippen molar-refractivity contribution in [1.82, 2.24) is 0 Å². The third-order valence-electron chi connectivity index (χ3n) is 2.74. The van der Waals surface area contributed by atoms with Crippen LogP contribution in [0.2, 0.25) is 0 Å². The fourth-order valence-electron chi connectivity index (χ4n) is 1.51. The van der Waals surface area contributed by atoms with Crippen molar-refractivity contribution in [2.24, 2.45) is 0 Å². The Labute approximate surface area is 151 Å². The van der Waals surface area contributed by atoms with Crippen LogP contribution >= 0.6 is 11.6 Å². The average Bonchev–Trinajstić information content (AvgIpc) is 3.15. The number of carbonyl (C=O) groups is 1. The fourth-order valence-corrected chi connectivity index (χ4v) is 2.11. The van der Waals surface area contributed by atoms with Crippen LogP contribution in [0.1, 0.15) is 15.9 Å². The second kappa shape index (κ2) is 10.5. The first-order valence-electron chi connectivity index (χ1n) is 7.07. The molecule has 0 aliphatic carbocycles. The van der Waals surface area contributed by atoms with Crippen LogP contribution in [0, 0.1) is 6.92 Å². The molecule has 0 spiro atoms. The topological polar surface area (TPSA) is 84.6 Å². The lowest BCUT2D eigenvalue weighted by atomic mass is 10.2. The van der Waals surface area contributed by atoms with Gasteiger partial charge in [0.2, 0.25) is 0 Å². The second-order valence-electron chi connectivity index (χ2n) is 4.72. The Balaban J connectivity index is 0.000000200. The van der Waals surface area contributed by atoms with E-state index in [0.29, 0.717) is 5.56 Å². The standard InChI is InChI=1S/C7H5ClO.C7H8O3S.C4H4O/c8-7(9)6-4-2-1-3-5-6;1-6-2-4-7(5-3-6)11(8,9)10;1-2-4-5-3-1/h1-5H;2-5H,1H3,(H,8,9,10);1-4H. The Morgan fingerprint density at radius 1 is 0.920 bits per heavy atom. The van der Waals surface area contributed by atoms with Crippen LogP contribution < -0.4 is 0 Å². The summed E-state index contributed by atoms with van der Waals surface area (Å²) in [4.78, 5) is 10.3. The summed E-state index contributed by atoms with van der Waals surface area (Å²) in [5, 5.41) is -0.407. The van der Waals surface area contributed by atoms with Crippen molar-refractivity contribution in [1.29, 1.82) is 0 Å². The number of rotatable bonds is 2. The molecule has 0 atom stereocenters. The summed E-state index contributed by atoms with van der Waals surface area (Å²) in [5.41, 5.74) is 1.50. The van der Waals surface area contributed by atoms with Gasteiger partial charge in [-0.05, 0) is 42.8 Å². The first-order chi connectivity index (χ1) is 11.8. The molecule has 25 heavy (non-hydrogen) atoms. The van der Waals surface area contributed by atoms with Crippen LogP contribution in [0.25, 0.3) is 0 Å². The zero-order valence-electron chi connectivity index (χ0n) is 13.4. The van der Waals surface area contributed by atoms with Crippen LogP contribution in [0.15, 0.2) is 88.6 Å². The smallest absolute Gasteiger partial charge is 0.294 e. The molecule has 0 saturated heterocycles. The largest absolute Gasteiger partial charge is 0.473 e. The van der Waals surface area contributed by atoms with Crippen LogP contribution in [-0.4, -0.2) is 18.2 Å². The molecule has 3 rings (SSSR count). The number of halogens is 1. The summed E-state index contributed by atoms with van der Waals surface area (Å²) in [6, 6.07) is 18.4. The minimum Gasteiger partial charge on any atom is -0.473 e. The van der Waals surface area contributed by atoms with Crippen molar-refractivity contribution >= 4 is 27.0 Å². The Kier molecular flexibility index (Phi) is 8.63. The minimum absolute atomic E-state index is 0.0666. The summed E-state index contributed by atoms with van der Waals surface area (Å²) in [6.45, 7) is 1.84. The average molecular weight is 381 g/mol. The molecule has 3 aromatic rings. The van der Waals surface area contributed by atoms with Crippen molar-refractivity contribution in [2.45, 2.75) is 11.8 Å². The predicted octanol–water partition coefficient (Wildman–Crippen LogP) is 4.59. The lowest BCUT2D eigenvalue weighted by molar-refractivity contribution is 0.108. The predicted molar refractivity (Wildman–Crippen MR) is 96.3 cm³/mol. The lowest BCUT2D eigenvalue weighted by Crippen LogP contribution is -1.96. The quantitative estimate of drug-likeness (QED) is 0.519. The SMILES string of the molecule is Cc1ccc(S(=O)(=O)O)cc1.O=C(Cl)c1ccccc1.c1ccoc1. The summed E-state index contributed by atoms with van der Waals surface area (Å²) >= 11 is 5.16. The van der Waals surface area contributed by atoms with Gasteiger partial charge < -0.3 is 4.42 Å². The van der Waals surface area contributed by atoms with E-state index in [2.05, 4.69) is 4.42 Å². The van der Waals surface area contributed by atoms with Gasteiger partial charge in [0, 0.05) is 5.56 Å². The lowest BCUT2D eigenvalue weighted by Gasteiger charge is -1.95. The maximum absolute atomic E-state index is 10.5. The first-order valence-corrected chi connectivity index (χ1v) is 8.88. The second-order valence-corrected chi connectivity index (χ2v) is 6.49. The van der Waals surface area contributed by atoms with E-state index in [9.17, 15) is 13.2 Å². The van der Waals surface area contributed by atoms with Crippen LogP contribution in [0.5, 0.6) is 0 Å². The molecule has 0 bridgehead atoms. The molecule has 132 valence electrons. The molecule has 1 heterocycles. The van der Waals surface area contributed by atoms with Gasteiger partial charge in [0.05, 0.1) is 17.4 Å². The number of aryl methyl sites for hydroxylation is 1. The van der Waals surface area contributed by atoms with Gasteiger partial charge in [-0.2, -0.15) is 8.42 Å². The third-order valence-corrected chi connectivity index (χ3v) is 3.83. The van der Waals surface area contributed by atoms with Crippen molar-refractivity contribution in [3.8, 4) is 0 Å². The molecule has 0 saturated carbocycles. The third kappa shape index (κ3) is 8.85. The van der Waals surface area contributed by atoms with Gasteiger partial charge in [-0.1, -0.05) is 48.0 Å². The van der Waals surface area contributed by atoms with Gasteiger partial charge in [0.25, 0.3) is 15.4 Å². The molecule has 1 N–H and O–H groups in total. The van der Waals surface area contributed by atoms with Crippen LogP contribution in [0.3, 0.4) is 0 Å². The highest BCUT2D eigenvalue weighted by molar-refractivity contribution is 7.85. The van der Waals surface area contributed by atoms with E-state index in [4.69, 9.17) is 16.2 Å². The molecule has 2 aromatic carbocycles. The summed E-state index contributed by atoms with van der Waals surface area (Å²) in [7, 11) is -4.02. The summed E-state index contributed by atoms with van der Waals surface area (Å²) < 4.78 is 34.1. The van der Waals surface area contributed by atoms with Gasteiger partial charge >= 0.3 is 0 Å². The molecule has 0 radical (unpaired) electrons. The number of hydrogen-bond acceptors (Lipinski definition) is 4. The van der Waals surface area contributed by atoms with Crippen molar-refractivity contribution in [3.05, 3.63) is 90.4 Å². The first kappa shape index (κ1) is 20.6. The van der Waals surface area contributed by atoms with Crippen LogP contribution in [-0.2, 0) is 10.1 Å². The Morgan fingerprint density at radius 3 is 1.76 bits per heavy atom.